The number of benzene rings is 1. The molecule has 0 spiro atoms. The number of carbonyl (C=O) groups is 1. The van der Waals surface area contributed by atoms with Crippen molar-refractivity contribution in [2.24, 2.45) is 4.99 Å². The van der Waals surface area contributed by atoms with E-state index in [1.54, 1.807) is 0 Å². The van der Waals surface area contributed by atoms with Crippen LogP contribution < -0.4 is 20.7 Å². The van der Waals surface area contributed by atoms with E-state index in [-0.39, 0.29) is 12.6 Å². The van der Waals surface area contributed by atoms with E-state index in [1.165, 1.54) is 0 Å². The van der Waals surface area contributed by atoms with Crippen molar-refractivity contribution in [3.8, 4) is 5.75 Å². The maximum Gasteiger partial charge on any atom is 0.407 e. The van der Waals surface area contributed by atoms with Crippen LogP contribution in [0.3, 0.4) is 0 Å². The lowest BCUT2D eigenvalue weighted by molar-refractivity contribution is 0.0527. The van der Waals surface area contributed by atoms with Crippen molar-refractivity contribution in [2.75, 3.05) is 26.2 Å². The van der Waals surface area contributed by atoms with Gasteiger partial charge < -0.3 is 30.5 Å². The number of aliphatic hydroxyl groups is 1. The van der Waals surface area contributed by atoms with E-state index in [4.69, 9.17) is 9.47 Å². The number of hydrogen-bond donors (Lipinski definition) is 4. The standard InChI is InChI=1S/C22H38N4O4/c1-7-23-20(24-12-9-13-25-21(28)30-22(4,5)6)26-15-19(27)17-10-8-11-18(14-17)29-16(2)3/h8,10-11,14,16,19,27H,7,9,12-13,15H2,1-6H3,(H,25,28)(H2,23,24,26). The second-order valence-electron chi connectivity index (χ2n) is 8.18. The molecule has 170 valence electrons. The Morgan fingerprint density at radius 2 is 1.87 bits per heavy atom. The quantitative estimate of drug-likeness (QED) is 0.263. The SMILES string of the molecule is CCNC(=NCC(O)c1cccc(OC(C)C)c1)NCCCNC(=O)OC(C)(C)C. The van der Waals surface area contributed by atoms with Gasteiger partial charge in [-0.3, -0.25) is 4.99 Å². The molecule has 1 rings (SSSR count). The number of aliphatic hydroxyl groups excluding tert-OH is 1. The third-order valence-corrected chi connectivity index (χ3v) is 3.70. The minimum atomic E-state index is -0.731. The summed E-state index contributed by atoms with van der Waals surface area (Å²) in [4.78, 5) is 16.1. The molecule has 8 nitrogen and oxygen atoms in total. The van der Waals surface area contributed by atoms with Gasteiger partial charge in [-0.25, -0.2) is 4.79 Å². The zero-order valence-corrected chi connectivity index (χ0v) is 19.1. The van der Waals surface area contributed by atoms with Crippen molar-refractivity contribution >= 4 is 12.1 Å². The molecule has 0 bridgehead atoms. The average Bonchev–Trinajstić information content (AvgIpc) is 2.63. The van der Waals surface area contributed by atoms with Crippen LogP contribution in [0.25, 0.3) is 0 Å². The highest BCUT2D eigenvalue weighted by Gasteiger charge is 2.15. The van der Waals surface area contributed by atoms with E-state index in [0.29, 0.717) is 32.0 Å². The molecule has 1 unspecified atom stereocenters. The number of rotatable bonds is 10. The first-order valence-corrected chi connectivity index (χ1v) is 10.5. The monoisotopic (exact) mass is 422 g/mol. The number of ether oxygens (including phenoxy) is 2. The summed E-state index contributed by atoms with van der Waals surface area (Å²) in [5, 5.41) is 19.5. The molecule has 1 aromatic rings. The van der Waals surface area contributed by atoms with E-state index in [1.807, 2.05) is 65.8 Å². The first-order chi connectivity index (χ1) is 14.1. The molecule has 0 aliphatic rings. The molecule has 0 aromatic heterocycles. The van der Waals surface area contributed by atoms with Gasteiger partial charge in [0, 0.05) is 19.6 Å². The fourth-order valence-corrected chi connectivity index (χ4v) is 2.49. The fraction of sp³-hybridized carbons (Fsp3) is 0.636. The molecule has 0 heterocycles. The van der Waals surface area contributed by atoms with Crippen molar-refractivity contribution in [2.45, 2.75) is 65.8 Å². The van der Waals surface area contributed by atoms with Crippen LogP contribution in [-0.2, 0) is 4.74 Å². The van der Waals surface area contributed by atoms with Gasteiger partial charge in [0.25, 0.3) is 0 Å². The normalized spacial score (nSPS) is 13.0. The summed E-state index contributed by atoms with van der Waals surface area (Å²) in [6, 6.07) is 7.43. The summed E-state index contributed by atoms with van der Waals surface area (Å²) >= 11 is 0. The van der Waals surface area contributed by atoms with Crippen LogP contribution in [0.2, 0.25) is 0 Å². The number of alkyl carbamates (subject to hydrolysis) is 1. The van der Waals surface area contributed by atoms with Crippen molar-refractivity contribution < 1.29 is 19.4 Å². The van der Waals surface area contributed by atoms with Gasteiger partial charge in [-0.15, -0.1) is 0 Å². The highest BCUT2D eigenvalue weighted by atomic mass is 16.6. The second kappa shape index (κ2) is 13.0. The van der Waals surface area contributed by atoms with Gasteiger partial charge in [-0.05, 0) is 65.7 Å². The van der Waals surface area contributed by atoms with Gasteiger partial charge in [-0.2, -0.15) is 0 Å². The summed E-state index contributed by atoms with van der Waals surface area (Å²) in [5.41, 5.74) is 0.253. The summed E-state index contributed by atoms with van der Waals surface area (Å²) in [6.45, 7) is 13.4. The molecule has 0 radical (unpaired) electrons. The maximum atomic E-state index is 11.6. The topological polar surface area (TPSA) is 104 Å². The summed E-state index contributed by atoms with van der Waals surface area (Å²) in [6.07, 6.45) is -0.370. The number of carbonyl (C=O) groups excluding carboxylic acids is 1. The molecule has 8 heteroatoms. The number of guanidine groups is 1. The van der Waals surface area contributed by atoms with Crippen LogP contribution in [-0.4, -0.2) is 55.0 Å². The lowest BCUT2D eigenvalue weighted by atomic mass is 10.1. The van der Waals surface area contributed by atoms with Crippen molar-refractivity contribution in [3.05, 3.63) is 29.8 Å². The summed E-state index contributed by atoms with van der Waals surface area (Å²) in [5.74, 6) is 1.34. The zero-order chi connectivity index (χ0) is 22.6. The minimum Gasteiger partial charge on any atom is -0.491 e. The Balaban J connectivity index is 2.47. The van der Waals surface area contributed by atoms with Gasteiger partial charge in [0.1, 0.15) is 11.4 Å². The van der Waals surface area contributed by atoms with Gasteiger partial charge in [0.15, 0.2) is 5.96 Å². The van der Waals surface area contributed by atoms with Gasteiger partial charge >= 0.3 is 6.09 Å². The molecule has 0 saturated carbocycles. The highest BCUT2D eigenvalue weighted by Crippen LogP contribution is 2.20. The Labute approximate surface area is 180 Å². The van der Waals surface area contributed by atoms with E-state index in [9.17, 15) is 9.90 Å². The number of nitrogens with one attached hydrogen (secondary N) is 3. The molecule has 1 amide bonds. The second-order valence-corrected chi connectivity index (χ2v) is 8.18. The van der Waals surface area contributed by atoms with Gasteiger partial charge in [0.05, 0.1) is 18.8 Å². The van der Waals surface area contributed by atoms with Crippen LogP contribution in [0.5, 0.6) is 5.75 Å². The minimum absolute atomic E-state index is 0.0739. The number of nitrogens with zero attached hydrogens (tertiary/aromatic N) is 1. The fourth-order valence-electron chi connectivity index (χ4n) is 2.49. The molecule has 4 N–H and O–H groups in total. The van der Waals surface area contributed by atoms with Crippen molar-refractivity contribution in [1.29, 1.82) is 0 Å². The van der Waals surface area contributed by atoms with Gasteiger partial charge in [-0.1, -0.05) is 12.1 Å². The van der Waals surface area contributed by atoms with E-state index in [2.05, 4.69) is 20.9 Å². The Morgan fingerprint density at radius 3 is 2.50 bits per heavy atom. The van der Waals surface area contributed by atoms with Crippen LogP contribution in [0.1, 0.15) is 59.6 Å². The first kappa shape index (κ1) is 25.6. The number of aliphatic imine (C=N–C) groups is 1. The Morgan fingerprint density at radius 1 is 1.17 bits per heavy atom. The Hall–Kier alpha value is -2.48. The van der Waals surface area contributed by atoms with E-state index < -0.39 is 17.8 Å². The predicted octanol–water partition coefficient (Wildman–Crippen LogP) is 2.98. The first-order valence-electron chi connectivity index (χ1n) is 10.5. The van der Waals surface area contributed by atoms with Crippen molar-refractivity contribution in [1.82, 2.24) is 16.0 Å². The van der Waals surface area contributed by atoms with Crippen LogP contribution in [0.4, 0.5) is 4.79 Å². The van der Waals surface area contributed by atoms with E-state index in [0.717, 1.165) is 11.3 Å². The third-order valence-electron chi connectivity index (χ3n) is 3.70. The summed E-state index contributed by atoms with van der Waals surface area (Å²) in [7, 11) is 0. The Bertz CT molecular complexity index is 671. The number of hydrogen-bond acceptors (Lipinski definition) is 5. The molecule has 1 atom stereocenters. The largest absolute Gasteiger partial charge is 0.491 e. The lowest BCUT2D eigenvalue weighted by Crippen LogP contribution is -2.39. The molecule has 0 aliphatic heterocycles. The molecule has 30 heavy (non-hydrogen) atoms. The van der Waals surface area contributed by atoms with Gasteiger partial charge in [0.2, 0.25) is 0 Å². The third kappa shape index (κ3) is 11.5. The molecule has 0 fully saturated rings. The lowest BCUT2D eigenvalue weighted by Gasteiger charge is -2.19. The van der Waals surface area contributed by atoms with Crippen LogP contribution >= 0.6 is 0 Å². The average molecular weight is 423 g/mol. The van der Waals surface area contributed by atoms with Crippen LogP contribution in [0, 0.1) is 0 Å². The predicted molar refractivity (Wildman–Crippen MR) is 120 cm³/mol. The zero-order valence-electron chi connectivity index (χ0n) is 19.1. The molecule has 1 aromatic carbocycles. The highest BCUT2D eigenvalue weighted by molar-refractivity contribution is 5.79. The van der Waals surface area contributed by atoms with E-state index >= 15 is 0 Å². The molecule has 0 saturated heterocycles. The van der Waals surface area contributed by atoms with Crippen LogP contribution in [0.15, 0.2) is 29.3 Å². The molecular weight excluding hydrogens is 384 g/mol. The molecular formula is C22H38N4O4. The Kier molecular flexibility index (Phi) is 11.0. The van der Waals surface area contributed by atoms with Crippen molar-refractivity contribution in [3.63, 3.8) is 0 Å². The maximum absolute atomic E-state index is 11.6. The summed E-state index contributed by atoms with van der Waals surface area (Å²) < 4.78 is 10.9. The smallest absolute Gasteiger partial charge is 0.407 e. The number of amides is 1. The molecule has 0 aliphatic carbocycles.